The fourth-order valence-electron chi connectivity index (χ4n) is 2.92. The number of piperidine rings is 1. The van der Waals surface area contributed by atoms with Crippen LogP contribution in [0.25, 0.3) is 0 Å². The summed E-state index contributed by atoms with van der Waals surface area (Å²) in [6, 6.07) is 0. The zero-order valence-corrected chi connectivity index (χ0v) is 8.10. The van der Waals surface area contributed by atoms with Crippen LogP contribution in [-0.2, 0) is 0 Å². The van der Waals surface area contributed by atoms with Crippen LogP contribution in [0.2, 0.25) is 0 Å². The molecule has 0 N–H and O–H groups in total. The van der Waals surface area contributed by atoms with Gasteiger partial charge in [-0.3, -0.25) is 4.90 Å². The zero-order valence-electron chi connectivity index (χ0n) is 8.10. The normalized spacial score (nSPS) is 36.9. The summed E-state index contributed by atoms with van der Waals surface area (Å²) >= 11 is 0. The van der Waals surface area contributed by atoms with Gasteiger partial charge in [0, 0.05) is 12.1 Å². The Morgan fingerprint density at radius 3 is 3.00 bits per heavy atom. The van der Waals surface area contributed by atoms with Gasteiger partial charge in [0.2, 0.25) is 0 Å². The largest absolute Gasteiger partial charge is 0.293 e. The molecule has 2 aliphatic heterocycles. The Morgan fingerprint density at radius 2 is 2.33 bits per heavy atom. The minimum Gasteiger partial charge on any atom is -0.293 e. The summed E-state index contributed by atoms with van der Waals surface area (Å²) in [7, 11) is 0. The van der Waals surface area contributed by atoms with Crippen molar-refractivity contribution in [1.29, 1.82) is 0 Å². The van der Waals surface area contributed by atoms with E-state index in [1.807, 2.05) is 0 Å². The monoisotopic (exact) mass is 165 g/mol. The number of fused-ring (bicyclic) bond motifs is 1. The van der Waals surface area contributed by atoms with Crippen LogP contribution in [0.15, 0.2) is 12.2 Å². The lowest BCUT2D eigenvalue weighted by Gasteiger charge is -2.41. The average molecular weight is 165 g/mol. The number of hydrogen-bond acceptors (Lipinski definition) is 1. The van der Waals surface area contributed by atoms with Gasteiger partial charge in [-0.1, -0.05) is 25.5 Å². The summed E-state index contributed by atoms with van der Waals surface area (Å²) in [5.41, 5.74) is 1.99. The van der Waals surface area contributed by atoms with Crippen molar-refractivity contribution in [3.05, 3.63) is 12.2 Å². The van der Waals surface area contributed by atoms with E-state index in [0.29, 0.717) is 5.54 Å². The number of hydrogen-bond donors (Lipinski definition) is 0. The second-order valence-electron chi connectivity index (χ2n) is 4.38. The van der Waals surface area contributed by atoms with E-state index in [4.69, 9.17) is 0 Å². The highest BCUT2D eigenvalue weighted by Gasteiger charge is 2.41. The predicted molar refractivity (Wildman–Crippen MR) is 52.2 cm³/mol. The first-order valence-corrected chi connectivity index (χ1v) is 5.18. The summed E-state index contributed by atoms with van der Waals surface area (Å²) in [6.45, 7) is 8.95. The topological polar surface area (TPSA) is 3.24 Å². The van der Waals surface area contributed by atoms with Crippen LogP contribution >= 0.6 is 0 Å². The summed E-state index contributed by atoms with van der Waals surface area (Å²) in [5.74, 6) is 0. The van der Waals surface area contributed by atoms with Crippen molar-refractivity contribution < 1.29 is 0 Å². The molecule has 0 aromatic carbocycles. The van der Waals surface area contributed by atoms with E-state index >= 15 is 0 Å². The lowest BCUT2D eigenvalue weighted by atomic mass is 9.84. The van der Waals surface area contributed by atoms with Crippen LogP contribution < -0.4 is 0 Å². The zero-order chi connectivity index (χ0) is 8.60. The molecule has 1 unspecified atom stereocenters. The SMILES string of the molecule is C=C1CN2CCCCC2(CC)C1. The highest BCUT2D eigenvalue weighted by molar-refractivity contribution is 5.15. The van der Waals surface area contributed by atoms with Crippen LogP contribution in [-0.4, -0.2) is 23.5 Å². The molecule has 12 heavy (non-hydrogen) atoms. The number of rotatable bonds is 1. The van der Waals surface area contributed by atoms with Gasteiger partial charge < -0.3 is 0 Å². The molecule has 1 heteroatoms. The van der Waals surface area contributed by atoms with Gasteiger partial charge in [0.15, 0.2) is 0 Å². The Morgan fingerprint density at radius 1 is 1.50 bits per heavy atom. The molecule has 1 nitrogen and oxygen atoms in total. The molecular weight excluding hydrogens is 146 g/mol. The molecule has 1 atom stereocenters. The highest BCUT2D eigenvalue weighted by atomic mass is 15.2. The van der Waals surface area contributed by atoms with Crippen molar-refractivity contribution >= 4 is 0 Å². The van der Waals surface area contributed by atoms with Crippen molar-refractivity contribution in [2.75, 3.05) is 13.1 Å². The van der Waals surface area contributed by atoms with Gasteiger partial charge in [0.25, 0.3) is 0 Å². The molecular formula is C11H19N. The van der Waals surface area contributed by atoms with E-state index in [-0.39, 0.29) is 0 Å². The van der Waals surface area contributed by atoms with E-state index in [1.165, 1.54) is 50.8 Å². The van der Waals surface area contributed by atoms with E-state index in [9.17, 15) is 0 Å². The van der Waals surface area contributed by atoms with Crippen LogP contribution in [0.4, 0.5) is 0 Å². The molecule has 0 saturated carbocycles. The van der Waals surface area contributed by atoms with E-state index < -0.39 is 0 Å². The number of nitrogens with zero attached hydrogens (tertiary/aromatic N) is 1. The maximum absolute atomic E-state index is 4.13. The lowest BCUT2D eigenvalue weighted by molar-refractivity contribution is 0.0863. The smallest absolute Gasteiger partial charge is 0.0247 e. The van der Waals surface area contributed by atoms with Crippen molar-refractivity contribution in [2.24, 2.45) is 0 Å². The Kier molecular flexibility index (Phi) is 1.99. The summed E-state index contributed by atoms with van der Waals surface area (Å²) in [6.07, 6.45) is 6.81. The molecule has 2 rings (SSSR count). The molecule has 2 aliphatic rings. The van der Waals surface area contributed by atoms with Crippen molar-refractivity contribution in [3.63, 3.8) is 0 Å². The molecule has 0 aromatic rings. The van der Waals surface area contributed by atoms with Gasteiger partial charge in [0.1, 0.15) is 0 Å². The molecule has 0 aliphatic carbocycles. The molecule has 0 aromatic heterocycles. The Balaban J connectivity index is 2.19. The summed E-state index contributed by atoms with van der Waals surface area (Å²) < 4.78 is 0. The van der Waals surface area contributed by atoms with Crippen LogP contribution in [0.1, 0.15) is 39.0 Å². The van der Waals surface area contributed by atoms with Crippen molar-refractivity contribution in [2.45, 2.75) is 44.6 Å². The summed E-state index contributed by atoms with van der Waals surface area (Å²) in [5, 5.41) is 0. The Hall–Kier alpha value is -0.300. The molecule has 68 valence electrons. The Labute approximate surface area is 75.4 Å². The van der Waals surface area contributed by atoms with Gasteiger partial charge in [-0.2, -0.15) is 0 Å². The Bertz CT molecular complexity index is 197. The third-order valence-corrected chi connectivity index (χ3v) is 3.64. The van der Waals surface area contributed by atoms with Crippen LogP contribution in [0.5, 0.6) is 0 Å². The maximum atomic E-state index is 4.13. The average Bonchev–Trinajstić information content (AvgIpc) is 2.41. The van der Waals surface area contributed by atoms with Crippen molar-refractivity contribution in [1.82, 2.24) is 4.90 Å². The van der Waals surface area contributed by atoms with Gasteiger partial charge in [-0.25, -0.2) is 0 Å². The molecule has 0 bridgehead atoms. The van der Waals surface area contributed by atoms with Gasteiger partial charge >= 0.3 is 0 Å². The predicted octanol–water partition coefficient (Wildman–Crippen LogP) is 2.58. The van der Waals surface area contributed by atoms with Gasteiger partial charge in [-0.05, 0) is 32.2 Å². The third kappa shape index (κ3) is 1.11. The molecule has 2 saturated heterocycles. The molecule has 2 heterocycles. The molecule has 0 amide bonds. The third-order valence-electron chi connectivity index (χ3n) is 3.64. The molecule has 2 fully saturated rings. The van der Waals surface area contributed by atoms with Crippen LogP contribution in [0.3, 0.4) is 0 Å². The van der Waals surface area contributed by atoms with Crippen LogP contribution in [0, 0.1) is 0 Å². The fraction of sp³-hybridized carbons (Fsp3) is 0.818. The standard InChI is InChI=1S/C11H19N/c1-3-11-6-4-5-7-12(11)9-10(2)8-11/h2-9H2,1H3. The van der Waals surface area contributed by atoms with E-state index in [2.05, 4.69) is 18.4 Å². The minimum atomic E-state index is 0.537. The first-order chi connectivity index (χ1) is 5.77. The molecule has 0 spiro atoms. The second-order valence-corrected chi connectivity index (χ2v) is 4.38. The lowest BCUT2D eigenvalue weighted by Crippen LogP contribution is -2.46. The first kappa shape index (κ1) is 8.31. The quantitative estimate of drug-likeness (QED) is 0.540. The van der Waals surface area contributed by atoms with Crippen molar-refractivity contribution in [3.8, 4) is 0 Å². The van der Waals surface area contributed by atoms with Gasteiger partial charge in [0.05, 0.1) is 0 Å². The highest BCUT2D eigenvalue weighted by Crippen LogP contribution is 2.41. The summed E-state index contributed by atoms with van der Waals surface area (Å²) in [4.78, 5) is 2.67. The maximum Gasteiger partial charge on any atom is 0.0247 e. The second kappa shape index (κ2) is 2.88. The molecule has 0 radical (unpaired) electrons. The minimum absolute atomic E-state index is 0.537. The van der Waals surface area contributed by atoms with E-state index in [1.54, 1.807) is 0 Å². The first-order valence-electron chi connectivity index (χ1n) is 5.18. The van der Waals surface area contributed by atoms with Gasteiger partial charge in [-0.15, -0.1) is 0 Å². The fourth-order valence-corrected chi connectivity index (χ4v) is 2.92. The van der Waals surface area contributed by atoms with E-state index in [0.717, 1.165) is 0 Å².